The highest BCUT2D eigenvalue weighted by Crippen LogP contribution is 2.32. The fourth-order valence-electron chi connectivity index (χ4n) is 3.88. The van der Waals surface area contributed by atoms with E-state index >= 15 is 0 Å². The van der Waals surface area contributed by atoms with Gasteiger partial charge in [-0.05, 0) is 61.0 Å². The van der Waals surface area contributed by atoms with Crippen molar-refractivity contribution in [2.45, 2.75) is 25.5 Å². The van der Waals surface area contributed by atoms with Gasteiger partial charge in [0.15, 0.2) is 16.3 Å². The maximum Gasteiger partial charge on any atom is 0.262 e. The molecular weight excluding hydrogens is 418 g/mol. The summed E-state index contributed by atoms with van der Waals surface area (Å²) in [6.07, 6.45) is 2.04. The lowest BCUT2D eigenvalue weighted by Crippen LogP contribution is -2.31. The van der Waals surface area contributed by atoms with Gasteiger partial charge in [0, 0.05) is 18.7 Å². The van der Waals surface area contributed by atoms with Crippen LogP contribution in [0.4, 0.5) is 0 Å². The van der Waals surface area contributed by atoms with Crippen molar-refractivity contribution in [1.82, 2.24) is 14.9 Å². The summed E-state index contributed by atoms with van der Waals surface area (Å²) >= 11 is 5.43. The first-order valence-corrected chi connectivity index (χ1v) is 10.5. The van der Waals surface area contributed by atoms with Crippen molar-refractivity contribution in [3.8, 4) is 11.5 Å². The molecule has 5 rings (SSSR count). The lowest BCUT2D eigenvalue weighted by molar-refractivity contribution is 0.0858. The first-order chi connectivity index (χ1) is 15.1. The topological polar surface area (TPSA) is 94.6 Å². The first-order valence-electron chi connectivity index (χ1n) is 10.1. The van der Waals surface area contributed by atoms with E-state index in [-0.39, 0.29) is 29.1 Å². The van der Waals surface area contributed by atoms with Crippen LogP contribution in [-0.4, -0.2) is 41.5 Å². The molecule has 2 N–H and O–H groups in total. The lowest BCUT2D eigenvalue weighted by atomic mass is 10.1. The normalized spacial score (nSPS) is 17.2. The van der Waals surface area contributed by atoms with Gasteiger partial charge in [0.1, 0.15) is 0 Å². The molecule has 3 heterocycles. The Morgan fingerprint density at radius 1 is 1.19 bits per heavy atom. The highest BCUT2D eigenvalue weighted by atomic mass is 32.1. The molecule has 2 aliphatic heterocycles. The van der Waals surface area contributed by atoms with Crippen molar-refractivity contribution >= 4 is 29.0 Å². The molecule has 0 unspecified atom stereocenters. The van der Waals surface area contributed by atoms with Gasteiger partial charge in [0.25, 0.3) is 11.5 Å². The minimum Gasteiger partial charge on any atom is -0.454 e. The number of benzene rings is 2. The standard InChI is InChI=1S/C22H21N3O5S/c26-20(23-10-15-2-1-7-28-15)14-4-5-16-17(9-14)24-22(31)25(21(16)27)11-13-3-6-18-19(8-13)30-12-29-18/h3-6,8-9,15H,1-2,7,10-12H2,(H,23,26)(H,24,31)/t15-/m0/s1. The van der Waals surface area contributed by atoms with Crippen LogP contribution in [0.1, 0.15) is 28.8 Å². The number of hydrogen-bond donors (Lipinski definition) is 2. The lowest BCUT2D eigenvalue weighted by Gasteiger charge is -2.12. The van der Waals surface area contributed by atoms with Crippen LogP contribution >= 0.6 is 12.2 Å². The highest BCUT2D eigenvalue weighted by Gasteiger charge is 2.18. The summed E-state index contributed by atoms with van der Waals surface area (Å²) in [5.74, 6) is 1.13. The van der Waals surface area contributed by atoms with Crippen molar-refractivity contribution in [2.75, 3.05) is 19.9 Å². The Labute approximate surface area is 182 Å². The Kier molecular flexibility index (Phi) is 5.21. The number of fused-ring (bicyclic) bond motifs is 2. The summed E-state index contributed by atoms with van der Waals surface area (Å²) in [5, 5.41) is 3.35. The predicted molar refractivity (Wildman–Crippen MR) is 116 cm³/mol. The summed E-state index contributed by atoms with van der Waals surface area (Å²) in [4.78, 5) is 28.7. The Morgan fingerprint density at radius 3 is 2.90 bits per heavy atom. The zero-order valence-electron chi connectivity index (χ0n) is 16.7. The average molecular weight is 439 g/mol. The fourth-order valence-corrected chi connectivity index (χ4v) is 4.13. The number of aromatic nitrogens is 2. The van der Waals surface area contributed by atoms with Crippen LogP contribution in [0.15, 0.2) is 41.2 Å². The van der Waals surface area contributed by atoms with E-state index in [0.717, 1.165) is 25.0 Å². The van der Waals surface area contributed by atoms with Gasteiger partial charge < -0.3 is 24.5 Å². The number of amides is 1. The third-order valence-corrected chi connectivity index (χ3v) is 5.86. The largest absolute Gasteiger partial charge is 0.454 e. The van der Waals surface area contributed by atoms with Crippen LogP contribution in [0.3, 0.4) is 0 Å². The summed E-state index contributed by atoms with van der Waals surface area (Å²) in [7, 11) is 0. The second-order valence-corrected chi connectivity index (χ2v) is 8.00. The quantitative estimate of drug-likeness (QED) is 0.594. The molecule has 0 saturated carbocycles. The van der Waals surface area contributed by atoms with Crippen LogP contribution in [0.5, 0.6) is 11.5 Å². The maximum atomic E-state index is 13.1. The van der Waals surface area contributed by atoms with Crippen LogP contribution in [0, 0.1) is 4.77 Å². The van der Waals surface area contributed by atoms with Crippen molar-refractivity contribution in [3.63, 3.8) is 0 Å². The van der Waals surface area contributed by atoms with E-state index in [1.807, 2.05) is 18.2 Å². The number of ether oxygens (including phenoxy) is 3. The van der Waals surface area contributed by atoms with Gasteiger partial charge in [-0.15, -0.1) is 0 Å². The number of nitrogens with zero attached hydrogens (tertiary/aromatic N) is 1. The molecule has 160 valence electrons. The molecule has 1 aromatic heterocycles. The molecule has 31 heavy (non-hydrogen) atoms. The average Bonchev–Trinajstić information content (AvgIpc) is 3.46. The van der Waals surface area contributed by atoms with Crippen molar-refractivity contribution in [1.29, 1.82) is 0 Å². The van der Waals surface area contributed by atoms with Crippen LogP contribution < -0.4 is 20.3 Å². The molecule has 0 bridgehead atoms. The number of hydrogen-bond acceptors (Lipinski definition) is 6. The highest BCUT2D eigenvalue weighted by molar-refractivity contribution is 7.71. The molecule has 0 aliphatic carbocycles. The van der Waals surface area contributed by atoms with Crippen LogP contribution in [-0.2, 0) is 11.3 Å². The molecule has 1 atom stereocenters. The predicted octanol–water partition coefficient (Wildman–Crippen LogP) is 2.74. The molecule has 0 radical (unpaired) electrons. The van der Waals surface area contributed by atoms with Crippen LogP contribution in [0.25, 0.3) is 10.9 Å². The Hall–Kier alpha value is -3.17. The summed E-state index contributed by atoms with van der Waals surface area (Å²) in [5.41, 5.74) is 1.64. The third-order valence-electron chi connectivity index (χ3n) is 5.54. The van der Waals surface area contributed by atoms with Gasteiger partial charge in [0.2, 0.25) is 6.79 Å². The maximum absolute atomic E-state index is 13.1. The molecule has 3 aromatic rings. The van der Waals surface area contributed by atoms with E-state index in [2.05, 4.69) is 10.3 Å². The number of carbonyl (C=O) groups excluding carboxylic acids is 1. The van der Waals surface area contributed by atoms with Crippen molar-refractivity contribution in [2.24, 2.45) is 0 Å². The SMILES string of the molecule is O=C(NC[C@@H]1CCCO1)c1ccc2c(=O)n(Cc3ccc4c(c3)OCO4)c(=S)[nH]c2c1. The molecule has 1 amide bonds. The molecular formula is C22H21N3O5S. The van der Waals surface area contributed by atoms with E-state index < -0.39 is 0 Å². The van der Waals surface area contributed by atoms with Crippen LogP contribution in [0.2, 0.25) is 0 Å². The van der Waals surface area contributed by atoms with Gasteiger partial charge in [-0.1, -0.05) is 6.07 Å². The number of H-pyrrole nitrogens is 1. The number of aromatic amines is 1. The number of rotatable bonds is 5. The second kappa shape index (κ2) is 8.16. The molecule has 8 nitrogen and oxygen atoms in total. The van der Waals surface area contributed by atoms with Gasteiger partial charge in [0.05, 0.1) is 23.6 Å². The fraction of sp³-hybridized carbons (Fsp3) is 0.318. The Morgan fingerprint density at radius 2 is 2.06 bits per heavy atom. The minimum absolute atomic E-state index is 0.0681. The van der Waals surface area contributed by atoms with E-state index in [0.29, 0.717) is 41.1 Å². The van der Waals surface area contributed by atoms with Crippen molar-refractivity contribution in [3.05, 3.63) is 62.6 Å². The summed E-state index contributed by atoms with van der Waals surface area (Å²) in [6.45, 7) is 1.71. The molecule has 0 spiro atoms. The monoisotopic (exact) mass is 439 g/mol. The summed E-state index contributed by atoms with van der Waals surface area (Å²) < 4.78 is 18.0. The Bertz CT molecular complexity index is 1280. The molecule has 1 saturated heterocycles. The van der Waals surface area contributed by atoms with Gasteiger partial charge in [-0.25, -0.2) is 0 Å². The van der Waals surface area contributed by atoms with E-state index in [1.165, 1.54) is 4.57 Å². The van der Waals surface area contributed by atoms with Gasteiger partial charge in [-0.2, -0.15) is 0 Å². The summed E-state index contributed by atoms with van der Waals surface area (Å²) in [6, 6.07) is 10.5. The van der Waals surface area contributed by atoms with Gasteiger partial charge in [-0.3, -0.25) is 14.2 Å². The minimum atomic E-state index is -0.220. The number of nitrogens with one attached hydrogen (secondary N) is 2. The zero-order chi connectivity index (χ0) is 21.4. The number of carbonyl (C=O) groups is 1. The molecule has 1 fully saturated rings. The van der Waals surface area contributed by atoms with Crippen molar-refractivity contribution < 1.29 is 19.0 Å². The Balaban J connectivity index is 1.40. The smallest absolute Gasteiger partial charge is 0.262 e. The second-order valence-electron chi connectivity index (χ2n) is 7.61. The third kappa shape index (κ3) is 3.94. The molecule has 2 aliphatic rings. The van der Waals surface area contributed by atoms with E-state index in [4.69, 9.17) is 26.4 Å². The van der Waals surface area contributed by atoms with E-state index in [1.54, 1.807) is 18.2 Å². The molecule has 2 aromatic carbocycles. The first kappa shape index (κ1) is 19.8. The van der Waals surface area contributed by atoms with E-state index in [9.17, 15) is 9.59 Å². The zero-order valence-corrected chi connectivity index (χ0v) is 17.5. The molecule has 9 heteroatoms. The van der Waals surface area contributed by atoms with Gasteiger partial charge >= 0.3 is 0 Å².